The van der Waals surface area contributed by atoms with Gasteiger partial charge in [0.05, 0.1) is 12.1 Å². The predicted octanol–water partition coefficient (Wildman–Crippen LogP) is 3.36. The van der Waals surface area contributed by atoms with Crippen LogP contribution in [-0.4, -0.2) is 45.7 Å². The third kappa shape index (κ3) is 3.25. The highest BCUT2D eigenvalue weighted by Gasteiger charge is 2.52. The van der Waals surface area contributed by atoms with Crippen LogP contribution in [0.15, 0.2) is 30.5 Å². The van der Waals surface area contributed by atoms with Gasteiger partial charge in [-0.2, -0.15) is 0 Å². The standard InChI is InChI=1S/C27H29N5O4/c1-26(2)14-30(23(34)15-5-6-15)20-11-17(7-8-19(20)26)32-24(35)27(3,4)31(25(32)36)13-16-9-10-28-22-18(16)12-21(33)29-22/h7-11,15H,5-6,12-14H2,1-4H3,(H,28,29,33). The lowest BCUT2D eigenvalue weighted by molar-refractivity contribution is -0.123. The number of urea groups is 1. The number of carbonyl (C=O) groups is 4. The van der Waals surface area contributed by atoms with Crippen molar-refractivity contribution in [2.75, 3.05) is 21.7 Å². The molecule has 4 aliphatic rings. The van der Waals surface area contributed by atoms with E-state index in [0.717, 1.165) is 35.2 Å². The molecular weight excluding hydrogens is 458 g/mol. The number of hydrogen-bond acceptors (Lipinski definition) is 5. The van der Waals surface area contributed by atoms with Gasteiger partial charge < -0.3 is 15.1 Å². The van der Waals surface area contributed by atoms with Crippen LogP contribution >= 0.6 is 0 Å². The molecule has 2 fully saturated rings. The molecule has 1 aromatic heterocycles. The Hall–Kier alpha value is -3.75. The van der Waals surface area contributed by atoms with E-state index in [1.54, 1.807) is 32.2 Å². The van der Waals surface area contributed by atoms with Crippen LogP contribution in [0.4, 0.5) is 22.0 Å². The molecule has 3 aliphatic heterocycles. The number of carbonyl (C=O) groups excluding carboxylic acids is 4. The minimum Gasteiger partial charge on any atom is -0.311 e. The molecule has 0 spiro atoms. The highest BCUT2D eigenvalue weighted by Crippen LogP contribution is 2.46. The van der Waals surface area contributed by atoms with Crippen molar-refractivity contribution in [2.45, 2.75) is 64.5 Å². The van der Waals surface area contributed by atoms with Crippen molar-refractivity contribution in [1.29, 1.82) is 0 Å². The van der Waals surface area contributed by atoms with E-state index in [1.807, 2.05) is 17.0 Å². The Bertz CT molecular complexity index is 1360. The SMILES string of the molecule is CC1(C)CN(C(=O)C2CC2)c2cc(N3C(=O)N(Cc4ccnc5c4CC(=O)N5)C(C)(C)C3=O)ccc21. The number of pyridine rings is 1. The van der Waals surface area contributed by atoms with Crippen LogP contribution in [0, 0.1) is 5.92 Å². The largest absolute Gasteiger partial charge is 0.332 e. The summed E-state index contributed by atoms with van der Waals surface area (Å²) in [6.45, 7) is 8.44. The maximum absolute atomic E-state index is 13.7. The van der Waals surface area contributed by atoms with Crippen molar-refractivity contribution in [3.05, 3.63) is 47.2 Å². The zero-order valence-electron chi connectivity index (χ0n) is 20.9. The number of benzene rings is 1. The number of aromatic nitrogens is 1. The van der Waals surface area contributed by atoms with Crippen LogP contribution in [0.25, 0.3) is 0 Å². The Morgan fingerprint density at radius 1 is 1.11 bits per heavy atom. The molecule has 6 rings (SSSR count). The van der Waals surface area contributed by atoms with Crippen LogP contribution in [0.3, 0.4) is 0 Å². The van der Waals surface area contributed by atoms with Gasteiger partial charge in [-0.25, -0.2) is 14.7 Å². The Balaban J connectivity index is 1.35. The first-order chi connectivity index (χ1) is 17.0. The summed E-state index contributed by atoms with van der Waals surface area (Å²) in [4.78, 5) is 61.0. The lowest BCUT2D eigenvalue weighted by Gasteiger charge is -2.28. The number of anilines is 3. The zero-order chi connectivity index (χ0) is 25.6. The molecular formula is C27H29N5O4. The number of imide groups is 1. The molecule has 5 amide bonds. The highest BCUT2D eigenvalue weighted by molar-refractivity contribution is 6.23. The number of fused-ring (bicyclic) bond motifs is 2. The zero-order valence-corrected chi connectivity index (χ0v) is 20.9. The highest BCUT2D eigenvalue weighted by atomic mass is 16.2. The van der Waals surface area contributed by atoms with Crippen LogP contribution in [0.5, 0.6) is 0 Å². The van der Waals surface area contributed by atoms with E-state index >= 15 is 0 Å². The second-order valence-corrected chi connectivity index (χ2v) is 11.4. The van der Waals surface area contributed by atoms with Crippen molar-refractivity contribution in [1.82, 2.24) is 9.88 Å². The van der Waals surface area contributed by atoms with Gasteiger partial charge in [0.2, 0.25) is 11.8 Å². The van der Waals surface area contributed by atoms with Gasteiger partial charge in [0.25, 0.3) is 5.91 Å². The van der Waals surface area contributed by atoms with Gasteiger partial charge in [0.15, 0.2) is 0 Å². The summed E-state index contributed by atoms with van der Waals surface area (Å²) in [5, 5.41) is 2.73. The Kier molecular flexibility index (Phi) is 4.65. The summed E-state index contributed by atoms with van der Waals surface area (Å²) in [7, 11) is 0. The van der Waals surface area contributed by atoms with Gasteiger partial charge in [0.1, 0.15) is 11.4 Å². The van der Waals surface area contributed by atoms with E-state index in [-0.39, 0.29) is 42.0 Å². The fourth-order valence-corrected chi connectivity index (χ4v) is 5.59. The fraction of sp³-hybridized carbons (Fsp3) is 0.444. The van der Waals surface area contributed by atoms with E-state index in [1.165, 1.54) is 9.80 Å². The van der Waals surface area contributed by atoms with Gasteiger partial charge in [-0.15, -0.1) is 0 Å². The average Bonchev–Trinajstić information content (AvgIpc) is 3.51. The number of nitrogens with one attached hydrogen (secondary N) is 1. The van der Waals surface area contributed by atoms with E-state index in [0.29, 0.717) is 18.1 Å². The van der Waals surface area contributed by atoms with Crippen molar-refractivity contribution in [2.24, 2.45) is 5.92 Å². The Morgan fingerprint density at radius 3 is 2.58 bits per heavy atom. The van der Waals surface area contributed by atoms with Gasteiger partial charge in [0, 0.05) is 41.9 Å². The number of hydrogen-bond donors (Lipinski definition) is 1. The number of nitrogens with zero attached hydrogens (tertiary/aromatic N) is 4. The molecule has 0 radical (unpaired) electrons. The molecule has 1 saturated carbocycles. The maximum Gasteiger partial charge on any atom is 0.332 e. The van der Waals surface area contributed by atoms with Crippen molar-refractivity contribution in [3.63, 3.8) is 0 Å². The van der Waals surface area contributed by atoms with E-state index in [9.17, 15) is 19.2 Å². The second kappa shape index (κ2) is 7.38. The molecule has 2 aromatic rings. The Morgan fingerprint density at radius 2 is 1.86 bits per heavy atom. The molecule has 1 aromatic carbocycles. The normalized spacial score (nSPS) is 21.7. The molecule has 9 heteroatoms. The molecule has 186 valence electrons. The molecule has 0 unspecified atom stereocenters. The minimum atomic E-state index is -1.09. The molecule has 1 saturated heterocycles. The minimum absolute atomic E-state index is 0.0725. The average molecular weight is 488 g/mol. The topological polar surface area (TPSA) is 103 Å². The summed E-state index contributed by atoms with van der Waals surface area (Å²) in [6, 6.07) is 6.91. The Labute approximate surface area is 209 Å². The first-order valence-electron chi connectivity index (χ1n) is 12.4. The molecule has 4 heterocycles. The second-order valence-electron chi connectivity index (χ2n) is 11.4. The summed E-state index contributed by atoms with van der Waals surface area (Å²) < 4.78 is 0. The maximum atomic E-state index is 13.7. The summed E-state index contributed by atoms with van der Waals surface area (Å²) in [5.74, 6) is 0.232. The summed E-state index contributed by atoms with van der Waals surface area (Å²) in [6.07, 6.45) is 3.62. The summed E-state index contributed by atoms with van der Waals surface area (Å²) in [5.41, 5.74) is 2.52. The molecule has 0 bridgehead atoms. The van der Waals surface area contributed by atoms with Crippen LogP contribution in [-0.2, 0) is 32.8 Å². The number of amides is 5. The molecule has 36 heavy (non-hydrogen) atoms. The van der Waals surface area contributed by atoms with E-state index in [4.69, 9.17) is 0 Å². The van der Waals surface area contributed by atoms with Gasteiger partial charge in [-0.1, -0.05) is 19.9 Å². The van der Waals surface area contributed by atoms with Gasteiger partial charge in [-0.05, 0) is 56.0 Å². The third-order valence-corrected chi connectivity index (χ3v) is 7.91. The van der Waals surface area contributed by atoms with Gasteiger partial charge >= 0.3 is 6.03 Å². The lowest BCUT2D eigenvalue weighted by Crippen LogP contribution is -2.43. The molecule has 1 aliphatic carbocycles. The van der Waals surface area contributed by atoms with Crippen LogP contribution in [0.2, 0.25) is 0 Å². The third-order valence-electron chi connectivity index (χ3n) is 7.91. The van der Waals surface area contributed by atoms with E-state index in [2.05, 4.69) is 24.1 Å². The lowest BCUT2D eigenvalue weighted by atomic mass is 9.87. The smallest absolute Gasteiger partial charge is 0.311 e. The number of rotatable bonds is 4. The van der Waals surface area contributed by atoms with Crippen molar-refractivity contribution < 1.29 is 19.2 Å². The van der Waals surface area contributed by atoms with Crippen LogP contribution < -0.4 is 15.1 Å². The molecule has 1 N–H and O–H groups in total. The summed E-state index contributed by atoms with van der Waals surface area (Å²) >= 11 is 0. The van der Waals surface area contributed by atoms with Crippen LogP contribution in [0.1, 0.15) is 57.2 Å². The molecule has 0 atom stereocenters. The van der Waals surface area contributed by atoms with Gasteiger partial charge in [-0.3, -0.25) is 14.4 Å². The first-order valence-corrected chi connectivity index (χ1v) is 12.4. The van der Waals surface area contributed by atoms with Crippen molar-refractivity contribution in [3.8, 4) is 0 Å². The quantitative estimate of drug-likeness (QED) is 0.667. The monoisotopic (exact) mass is 487 g/mol. The van der Waals surface area contributed by atoms with E-state index < -0.39 is 11.6 Å². The molecule has 9 nitrogen and oxygen atoms in total. The first kappa shape index (κ1) is 22.7. The fourth-order valence-electron chi connectivity index (χ4n) is 5.59. The van der Waals surface area contributed by atoms with Crippen molar-refractivity contribution >= 4 is 40.9 Å². The predicted molar refractivity (Wildman–Crippen MR) is 134 cm³/mol.